The summed E-state index contributed by atoms with van der Waals surface area (Å²) in [5.41, 5.74) is 2.81. The van der Waals surface area contributed by atoms with Crippen molar-refractivity contribution in [3.05, 3.63) is 17.5 Å². The van der Waals surface area contributed by atoms with E-state index in [1.54, 1.807) is 0 Å². The van der Waals surface area contributed by atoms with Gasteiger partial charge in [0, 0.05) is 23.1 Å². The van der Waals surface area contributed by atoms with Gasteiger partial charge in [-0.1, -0.05) is 41.5 Å². The molecular weight excluding hydrogens is 236 g/mol. The van der Waals surface area contributed by atoms with Crippen LogP contribution in [0.25, 0.3) is 0 Å². The van der Waals surface area contributed by atoms with Crippen molar-refractivity contribution in [2.24, 2.45) is 0 Å². The maximum atomic E-state index is 5.55. The van der Waals surface area contributed by atoms with Crippen LogP contribution in [0.2, 0.25) is 0 Å². The second kappa shape index (κ2) is 4.93. The Balaban J connectivity index is 2.47. The van der Waals surface area contributed by atoms with Gasteiger partial charge in [0.25, 0.3) is 0 Å². The summed E-state index contributed by atoms with van der Waals surface area (Å²) in [7, 11) is 0. The van der Waals surface area contributed by atoms with E-state index < -0.39 is 0 Å². The van der Waals surface area contributed by atoms with E-state index in [0.29, 0.717) is 6.04 Å². The smallest absolute Gasteiger partial charge is 0.0778 e. The molecule has 0 N–H and O–H groups in total. The highest BCUT2D eigenvalue weighted by molar-refractivity contribution is 5.24. The summed E-state index contributed by atoms with van der Waals surface area (Å²) >= 11 is 0. The fourth-order valence-electron chi connectivity index (χ4n) is 2.44. The Morgan fingerprint density at radius 1 is 1.32 bits per heavy atom. The SMILES string of the molecule is CCC(C)(C)c1cc(C(C)(C)C)nn1C1CCOC1. The lowest BCUT2D eigenvalue weighted by Crippen LogP contribution is -2.24. The Hall–Kier alpha value is -0.830. The minimum Gasteiger partial charge on any atom is -0.379 e. The van der Waals surface area contributed by atoms with Crippen LogP contribution in [0.4, 0.5) is 0 Å². The molecule has 2 rings (SSSR count). The zero-order chi connectivity index (χ0) is 14.3. The van der Waals surface area contributed by atoms with Gasteiger partial charge in [-0.2, -0.15) is 5.10 Å². The Labute approximate surface area is 117 Å². The van der Waals surface area contributed by atoms with Crippen LogP contribution in [0.5, 0.6) is 0 Å². The topological polar surface area (TPSA) is 27.1 Å². The minimum atomic E-state index is 0.100. The summed E-state index contributed by atoms with van der Waals surface area (Å²) < 4.78 is 7.79. The summed E-state index contributed by atoms with van der Waals surface area (Å²) in [6, 6.07) is 2.72. The summed E-state index contributed by atoms with van der Waals surface area (Å²) in [6.45, 7) is 15.2. The molecule has 2 heterocycles. The van der Waals surface area contributed by atoms with E-state index in [9.17, 15) is 0 Å². The van der Waals surface area contributed by atoms with Crippen molar-refractivity contribution in [3.63, 3.8) is 0 Å². The van der Waals surface area contributed by atoms with Crippen LogP contribution in [0, 0.1) is 0 Å². The van der Waals surface area contributed by atoms with Crippen LogP contribution in [0.1, 0.15) is 71.8 Å². The first kappa shape index (κ1) is 14.6. The molecule has 1 fully saturated rings. The van der Waals surface area contributed by atoms with Crippen molar-refractivity contribution in [2.45, 2.75) is 71.3 Å². The van der Waals surface area contributed by atoms with Crippen LogP contribution in [-0.4, -0.2) is 23.0 Å². The van der Waals surface area contributed by atoms with Gasteiger partial charge < -0.3 is 4.74 Å². The van der Waals surface area contributed by atoms with Gasteiger partial charge >= 0.3 is 0 Å². The quantitative estimate of drug-likeness (QED) is 0.829. The lowest BCUT2D eigenvalue weighted by Gasteiger charge is -2.26. The maximum absolute atomic E-state index is 5.55. The molecule has 1 aliphatic rings. The van der Waals surface area contributed by atoms with Crippen molar-refractivity contribution in [2.75, 3.05) is 13.2 Å². The number of hydrogen-bond acceptors (Lipinski definition) is 2. The number of aromatic nitrogens is 2. The highest BCUT2D eigenvalue weighted by Crippen LogP contribution is 2.34. The fourth-order valence-corrected chi connectivity index (χ4v) is 2.44. The summed E-state index contributed by atoms with van der Waals surface area (Å²) in [5, 5.41) is 4.91. The molecule has 0 bridgehead atoms. The lowest BCUT2D eigenvalue weighted by molar-refractivity contribution is 0.182. The third kappa shape index (κ3) is 2.86. The lowest BCUT2D eigenvalue weighted by atomic mass is 9.84. The zero-order valence-corrected chi connectivity index (χ0v) is 13.3. The van der Waals surface area contributed by atoms with E-state index in [-0.39, 0.29) is 10.8 Å². The molecule has 3 nitrogen and oxygen atoms in total. The van der Waals surface area contributed by atoms with Crippen molar-refractivity contribution in [1.29, 1.82) is 0 Å². The molecular formula is C16H28N2O. The van der Waals surface area contributed by atoms with E-state index >= 15 is 0 Å². The normalized spacial score (nSPS) is 21.1. The van der Waals surface area contributed by atoms with Crippen molar-refractivity contribution < 1.29 is 4.74 Å². The molecule has 1 saturated heterocycles. The zero-order valence-electron chi connectivity index (χ0n) is 13.3. The summed E-state index contributed by atoms with van der Waals surface area (Å²) in [6.07, 6.45) is 2.20. The van der Waals surface area contributed by atoms with Crippen molar-refractivity contribution >= 4 is 0 Å². The average Bonchev–Trinajstić information content (AvgIpc) is 2.96. The summed E-state index contributed by atoms with van der Waals surface area (Å²) in [5.74, 6) is 0. The van der Waals surface area contributed by atoms with E-state index in [4.69, 9.17) is 9.84 Å². The molecule has 3 heteroatoms. The van der Waals surface area contributed by atoms with Gasteiger partial charge in [-0.15, -0.1) is 0 Å². The third-order valence-electron chi connectivity index (χ3n) is 4.33. The highest BCUT2D eigenvalue weighted by Gasteiger charge is 2.31. The molecule has 0 amide bonds. The van der Waals surface area contributed by atoms with E-state index in [1.807, 2.05) is 0 Å². The van der Waals surface area contributed by atoms with Crippen LogP contribution in [-0.2, 0) is 15.6 Å². The fraction of sp³-hybridized carbons (Fsp3) is 0.812. The molecule has 0 radical (unpaired) electrons. The summed E-state index contributed by atoms with van der Waals surface area (Å²) in [4.78, 5) is 0. The molecule has 1 aromatic rings. The second-order valence-electron chi connectivity index (χ2n) is 7.36. The van der Waals surface area contributed by atoms with Gasteiger partial charge in [-0.3, -0.25) is 4.68 Å². The first-order valence-corrected chi connectivity index (χ1v) is 7.44. The van der Waals surface area contributed by atoms with Crippen LogP contribution in [0.15, 0.2) is 6.07 Å². The van der Waals surface area contributed by atoms with Crippen LogP contribution < -0.4 is 0 Å². The average molecular weight is 264 g/mol. The van der Waals surface area contributed by atoms with Gasteiger partial charge in [0.05, 0.1) is 18.3 Å². The maximum Gasteiger partial charge on any atom is 0.0778 e. The Kier molecular flexibility index (Phi) is 3.78. The number of hydrogen-bond donors (Lipinski definition) is 0. The number of rotatable bonds is 3. The molecule has 1 aliphatic heterocycles. The van der Waals surface area contributed by atoms with Gasteiger partial charge in [0.1, 0.15) is 0 Å². The Bertz CT molecular complexity index is 434. The van der Waals surface area contributed by atoms with Gasteiger partial charge in [-0.05, 0) is 18.9 Å². The van der Waals surface area contributed by atoms with Gasteiger partial charge in [-0.25, -0.2) is 0 Å². The first-order valence-electron chi connectivity index (χ1n) is 7.44. The predicted octanol–water partition coefficient (Wildman–Crippen LogP) is 3.83. The van der Waals surface area contributed by atoms with E-state index in [0.717, 1.165) is 26.1 Å². The largest absolute Gasteiger partial charge is 0.379 e. The second-order valence-corrected chi connectivity index (χ2v) is 7.36. The molecule has 1 atom stereocenters. The van der Waals surface area contributed by atoms with Gasteiger partial charge in [0.2, 0.25) is 0 Å². The predicted molar refractivity (Wildman–Crippen MR) is 78.7 cm³/mol. The van der Waals surface area contributed by atoms with Crippen molar-refractivity contribution in [1.82, 2.24) is 9.78 Å². The van der Waals surface area contributed by atoms with Crippen LogP contribution in [0.3, 0.4) is 0 Å². The highest BCUT2D eigenvalue weighted by atomic mass is 16.5. The van der Waals surface area contributed by atoms with Crippen LogP contribution >= 0.6 is 0 Å². The molecule has 0 aliphatic carbocycles. The molecule has 0 saturated carbocycles. The molecule has 19 heavy (non-hydrogen) atoms. The molecule has 1 unspecified atom stereocenters. The molecule has 1 aromatic heterocycles. The van der Waals surface area contributed by atoms with E-state index in [2.05, 4.69) is 52.3 Å². The van der Waals surface area contributed by atoms with E-state index in [1.165, 1.54) is 11.4 Å². The monoisotopic (exact) mass is 264 g/mol. The standard InChI is InChI=1S/C16H28N2O/c1-7-16(5,6)14-10-13(15(2,3)4)17-18(14)12-8-9-19-11-12/h10,12H,7-9,11H2,1-6H3. The van der Waals surface area contributed by atoms with Gasteiger partial charge in [0.15, 0.2) is 0 Å². The first-order chi connectivity index (χ1) is 8.75. The molecule has 108 valence electrons. The molecule has 0 spiro atoms. The minimum absolute atomic E-state index is 0.100. The van der Waals surface area contributed by atoms with Crippen molar-refractivity contribution in [3.8, 4) is 0 Å². The molecule has 0 aromatic carbocycles. The third-order valence-corrected chi connectivity index (χ3v) is 4.33. The Morgan fingerprint density at radius 2 is 2.00 bits per heavy atom. The number of nitrogens with zero attached hydrogens (tertiary/aromatic N) is 2. The Morgan fingerprint density at radius 3 is 2.47 bits per heavy atom. The number of ether oxygens (including phenoxy) is 1.